The van der Waals surface area contributed by atoms with Crippen LogP contribution in [0, 0.1) is 29.1 Å². The molecule has 0 heterocycles. The standard InChI is InChI=1S/C26H38O2/c1-4-7-17-14-18-15-20(28-3)9-10-21(18)22-11-13-25(2)23(24(17)22)16-19-8-5-6-12-26(19,25)27/h9-10,15,17,19,22-24,27H,4-8,11-14,16H2,1-3H3/t17-,19+,22-,23+,24-,25+,26-/m1/s1. The Morgan fingerprint density at radius 3 is 2.82 bits per heavy atom. The molecule has 0 aliphatic heterocycles. The number of fused-ring (bicyclic) bond motifs is 7. The third-order valence-corrected chi connectivity index (χ3v) is 9.72. The maximum absolute atomic E-state index is 11.9. The van der Waals surface area contributed by atoms with Crippen molar-refractivity contribution in [3.8, 4) is 5.75 Å². The van der Waals surface area contributed by atoms with E-state index in [0.29, 0.717) is 17.8 Å². The van der Waals surface area contributed by atoms with E-state index in [1.807, 2.05) is 0 Å². The highest BCUT2D eigenvalue weighted by Gasteiger charge is 2.66. The van der Waals surface area contributed by atoms with Crippen LogP contribution in [0.5, 0.6) is 5.75 Å². The van der Waals surface area contributed by atoms with E-state index in [4.69, 9.17) is 4.74 Å². The summed E-state index contributed by atoms with van der Waals surface area (Å²) >= 11 is 0. The van der Waals surface area contributed by atoms with Crippen molar-refractivity contribution in [3.05, 3.63) is 29.3 Å². The zero-order chi connectivity index (χ0) is 19.5. The second-order valence-electron chi connectivity index (χ2n) is 10.7. The van der Waals surface area contributed by atoms with E-state index in [9.17, 15) is 5.11 Å². The average Bonchev–Trinajstić information content (AvgIpc) is 2.95. The van der Waals surface area contributed by atoms with Gasteiger partial charge in [-0.1, -0.05) is 45.6 Å². The van der Waals surface area contributed by atoms with Gasteiger partial charge < -0.3 is 9.84 Å². The molecule has 0 unspecified atom stereocenters. The van der Waals surface area contributed by atoms with Crippen molar-refractivity contribution in [2.45, 2.75) is 89.6 Å². The van der Waals surface area contributed by atoms with Crippen molar-refractivity contribution < 1.29 is 9.84 Å². The molecule has 4 aliphatic carbocycles. The number of benzene rings is 1. The normalized spacial score (nSPS) is 44.2. The van der Waals surface area contributed by atoms with Crippen molar-refractivity contribution in [3.63, 3.8) is 0 Å². The molecule has 1 N–H and O–H groups in total. The van der Waals surface area contributed by atoms with Crippen LogP contribution in [0.3, 0.4) is 0 Å². The molecule has 0 spiro atoms. The lowest BCUT2D eigenvalue weighted by molar-refractivity contribution is -0.140. The lowest BCUT2D eigenvalue weighted by Gasteiger charge is -2.56. The molecule has 3 fully saturated rings. The third kappa shape index (κ3) is 2.49. The fourth-order valence-electron chi connectivity index (χ4n) is 8.44. The van der Waals surface area contributed by atoms with Crippen molar-refractivity contribution in [2.24, 2.45) is 29.1 Å². The van der Waals surface area contributed by atoms with Gasteiger partial charge in [0.05, 0.1) is 12.7 Å². The van der Waals surface area contributed by atoms with Crippen LogP contribution < -0.4 is 4.74 Å². The quantitative estimate of drug-likeness (QED) is 0.683. The van der Waals surface area contributed by atoms with Crippen LogP contribution in [0.4, 0.5) is 0 Å². The molecular weight excluding hydrogens is 344 g/mol. The number of hydrogen-bond donors (Lipinski definition) is 1. The van der Waals surface area contributed by atoms with E-state index < -0.39 is 5.60 Å². The summed E-state index contributed by atoms with van der Waals surface area (Å²) in [5, 5.41) is 11.9. The first kappa shape index (κ1) is 19.0. The van der Waals surface area contributed by atoms with Gasteiger partial charge in [0.15, 0.2) is 0 Å². The van der Waals surface area contributed by atoms with Crippen LogP contribution in [0.15, 0.2) is 18.2 Å². The Bertz CT molecular complexity index is 742. The zero-order valence-electron chi connectivity index (χ0n) is 18.0. The Kier molecular flexibility index (Phi) is 4.58. The van der Waals surface area contributed by atoms with Gasteiger partial charge in [0, 0.05) is 0 Å². The number of hydrogen-bond acceptors (Lipinski definition) is 2. The summed E-state index contributed by atoms with van der Waals surface area (Å²) in [6.07, 6.45) is 12.4. The number of ether oxygens (including phenoxy) is 1. The van der Waals surface area contributed by atoms with E-state index in [2.05, 4.69) is 32.0 Å². The fourth-order valence-corrected chi connectivity index (χ4v) is 8.44. The van der Waals surface area contributed by atoms with Crippen molar-refractivity contribution in [1.29, 1.82) is 0 Å². The molecule has 28 heavy (non-hydrogen) atoms. The molecule has 2 nitrogen and oxygen atoms in total. The van der Waals surface area contributed by atoms with E-state index in [-0.39, 0.29) is 5.41 Å². The predicted molar refractivity (Wildman–Crippen MR) is 114 cm³/mol. The van der Waals surface area contributed by atoms with E-state index in [1.165, 1.54) is 63.4 Å². The topological polar surface area (TPSA) is 29.5 Å². The molecule has 0 aromatic heterocycles. The molecular formula is C26H38O2. The summed E-state index contributed by atoms with van der Waals surface area (Å²) in [4.78, 5) is 0. The van der Waals surface area contributed by atoms with Crippen LogP contribution in [-0.4, -0.2) is 17.8 Å². The summed E-state index contributed by atoms with van der Waals surface area (Å²) in [5.41, 5.74) is 2.88. The summed E-state index contributed by atoms with van der Waals surface area (Å²) in [7, 11) is 1.78. The van der Waals surface area contributed by atoms with Gasteiger partial charge in [-0.3, -0.25) is 0 Å². The molecule has 154 valence electrons. The molecule has 0 saturated heterocycles. The molecule has 2 heteroatoms. The average molecular weight is 383 g/mol. The highest BCUT2D eigenvalue weighted by Crippen LogP contribution is 2.69. The maximum atomic E-state index is 11.9. The summed E-state index contributed by atoms with van der Waals surface area (Å²) in [5.74, 6) is 4.47. The molecule has 5 rings (SSSR count). The number of aliphatic hydroxyl groups is 1. The largest absolute Gasteiger partial charge is 0.497 e. The Morgan fingerprint density at radius 2 is 2.04 bits per heavy atom. The second-order valence-corrected chi connectivity index (χ2v) is 10.7. The minimum atomic E-state index is -0.391. The van der Waals surface area contributed by atoms with Crippen molar-refractivity contribution in [1.82, 2.24) is 0 Å². The first-order chi connectivity index (χ1) is 13.5. The highest BCUT2D eigenvalue weighted by molar-refractivity contribution is 5.41. The monoisotopic (exact) mass is 382 g/mol. The molecule has 4 aliphatic rings. The lowest BCUT2D eigenvalue weighted by Crippen LogP contribution is -2.54. The Balaban J connectivity index is 1.56. The Morgan fingerprint density at radius 1 is 1.18 bits per heavy atom. The van der Waals surface area contributed by atoms with Gasteiger partial charge in [0.1, 0.15) is 5.75 Å². The Hall–Kier alpha value is -1.02. The van der Waals surface area contributed by atoms with Gasteiger partial charge in [-0.15, -0.1) is 0 Å². The van der Waals surface area contributed by atoms with Gasteiger partial charge in [-0.05, 0) is 96.8 Å². The summed E-state index contributed by atoms with van der Waals surface area (Å²) in [6.45, 7) is 4.83. The first-order valence-electron chi connectivity index (χ1n) is 11.9. The van der Waals surface area contributed by atoms with Crippen LogP contribution in [0.1, 0.15) is 88.7 Å². The molecule has 7 atom stereocenters. The molecule has 0 radical (unpaired) electrons. The van der Waals surface area contributed by atoms with Gasteiger partial charge in [0.25, 0.3) is 0 Å². The smallest absolute Gasteiger partial charge is 0.119 e. The van der Waals surface area contributed by atoms with E-state index in [1.54, 1.807) is 12.7 Å². The van der Waals surface area contributed by atoms with Crippen LogP contribution in [0.2, 0.25) is 0 Å². The van der Waals surface area contributed by atoms with E-state index >= 15 is 0 Å². The van der Waals surface area contributed by atoms with Gasteiger partial charge in [0.2, 0.25) is 0 Å². The zero-order valence-corrected chi connectivity index (χ0v) is 18.0. The number of rotatable bonds is 3. The SMILES string of the molecule is CCC[C@@H]1Cc2cc(OC)ccc2[C@H]2CC[C@@]3(C)[C@@H](C[C@@H]4CCCC[C@@]43O)[C@H]12. The molecule has 1 aromatic carbocycles. The maximum Gasteiger partial charge on any atom is 0.119 e. The summed E-state index contributed by atoms with van der Waals surface area (Å²) < 4.78 is 5.54. The van der Waals surface area contributed by atoms with Crippen molar-refractivity contribution in [2.75, 3.05) is 7.11 Å². The molecule has 1 aromatic rings. The minimum absolute atomic E-state index is 0.134. The third-order valence-electron chi connectivity index (χ3n) is 9.72. The second kappa shape index (κ2) is 6.76. The molecule has 0 bridgehead atoms. The van der Waals surface area contributed by atoms with Crippen LogP contribution in [0.25, 0.3) is 0 Å². The summed E-state index contributed by atoms with van der Waals surface area (Å²) in [6, 6.07) is 6.85. The lowest BCUT2D eigenvalue weighted by atomic mass is 9.50. The first-order valence-corrected chi connectivity index (χ1v) is 11.9. The van der Waals surface area contributed by atoms with Crippen LogP contribution >= 0.6 is 0 Å². The number of methoxy groups -OCH3 is 1. The molecule has 3 saturated carbocycles. The minimum Gasteiger partial charge on any atom is -0.497 e. The van der Waals surface area contributed by atoms with Gasteiger partial charge >= 0.3 is 0 Å². The van der Waals surface area contributed by atoms with Crippen molar-refractivity contribution >= 4 is 0 Å². The Labute approximate surface area is 171 Å². The van der Waals surface area contributed by atoms with Crippen LogP contribution in [-0.2, 0) is 6.42 Å². The van der Waals surface area contributed by atoms with Gasteiger partial charge in [-0.2, -0.15) is 0 Å². The molecule has 0 amide bonds. The fraction of sp³-hybridized carbons (Fsp3) is 0.769. The van der Waals surface area contributed by atoms with Gasteiger partial charge in [-0.25, -0.2) is 0 Å². The predicted octanol–water partition coefficient (Wildman–Crippen LogP) is 6.11. The highest BCUT2D eigenvalue weighted by atomic mass is 16.5. The van der Waals surface area contributed by atoms with E-state index in [0.717, 1.165) is 24.0 Å².